The Labute approximate surface area is 207 Å². The number of ether oxygens (including phenoxy) is 3. The largest absolute Gasteiger partial charge is 0.467 e. The van der Waals surface area contributed by atoms with Gasteiger partial charge in [0.25, 0.3) is 0 Å². The number of carbonyl (C=O) groups excluding carboxylic acids is 2. The molecule has 2 aliphatic rings. The van der Waals surface area contributed by atoms with Gasteiger partial charge in [-0.1, -0.05) is 55.4 Å². The molecular formula is C27H38O8. The highest BCUT2D eigenvalue weighted by atomic mass is 16.7. The predicted octanol–water partition coefficient (Wildman–Crippen LogP) is 3.04. The van der Waals surface area contributed by atoms with Crippen molar-refractivity contribution in [1.82, 2.24) is 0 Å². The average Bonchev–Trinajstić information content (AvgIpc) is 2.78. The molecule has 5 atom stereocenters. The third kappa shape index (κ3) is 7.73. The summed E-state index contributed by atoms with van der Waals surface area (Å²) in [5.41, 5.74) is 4.63. The van der Waals surface area contributed by atoms with Crippen LogP contribution in [-0.2, 0) is 23.8 Å². The number of aliphatic hydroxyl groups excluding tert-OH is 3. The first-order chi connectivity index (χ1) is 16.4. The van der Waals surface area contributed by atoms with E-state index in [0.717, 1.165) is 19.1 Å². The molecule has 0 saturated carbocycles. The maximum absolute atomic E-state index is 12.3. The van der Waals surface area contributed by atoms with Crippen molar-refractivity contribution in [2.75, 3.05) is 7.11 Å². The molecule has 1 aliphatic carbocycles. The van der Waals surface area contributed by atoms with Crippen LogP contribution >= 0.6 is 0 Å². The lowest BCUT2D eigenvalue weighted by molar-refractivity contribution is -0.285. The van der Waals surface area contributed by atoms with E-state index in [9.17, 15) is 24.9 Å². The molecule has 2 rings (SSSR count). The highest BCUT2D eigenvalue weighted by molar-refractivity contribution is 5.83. The van der Waals surface area contributed by atoms with Crippen molar-refractivity contribution in [2.45, 2.75) is 84.6 Å². The third-order valence-corrected chi connectivity index (χ3v) is 6.35. The highest BCUT2D eigenvalue weighted by Gasteiger charge is 2.48. The molecule has 0 amide bonds. The topological polar surface area (TPSA) is 123 Å². The molecule has 3 N–H and O–H groups in total. The molecule has 0 spiro atoms. The van der Waals surface area contributed by atoms with E-state index in [-0.39, 0.29) is 5.41 Å². The van der Waals surface area contributed by atoms with Crippen molar-refractivity contribution >= 4 is 11.9 Å². The van der Waals surface area contributed by atoms with Gasteiger partial charge in [0.05, 0.1) is 7.11 Å². The minimum Gasteiger partial charge on any atom is -0.467 e. The Bertz CT molecular complexity index is 937. The summed E-state index contributed by atoms with van der Waals surface area (Å²) in [5.74, 6) is -1.81. The number of carbonyl (C=O) groups is 2. The number of hydrogen-bond acceptors (Lipinski definition) is 8. The molecule has 0 aromatic heterocycles. The van der Waals surface area contributed by atoms with Gasteiger partial charge in [-0.2, -0.15) is 0 Å². The quantitative estimate of drug-likeness (QED) is 0.283. The third-order valence-electron chi connectivity index (χ3n) is 6.35. The Balaban J connectivity index is 1.99. The fourth-order valence-electron chi connectivity index (χ4n) is 4.27. The lowest BCUT2D eigenvalue weighted by atomic mass is 9.72. The van der Waals surface area contributed by atoms with Gasteiger partial charge >= 0.3 is 11.9 Å². The van der Waals surface area contributed by atoms with Gasteiger partial charge in [-0.05, 0) is 56.6 Å². The molecular weight excluding hydrogens is 452 g/mol. The molecule has 0 radical (unpaired) electrons. The Hall–Kier alpha value is -2.52. The van der Waals surface area contributed by atoms with E-state index in [0.29, 0.717) is 5.57 Å². The van der Waals surface area contributed by atoms with E-state index in [1.165, 1.54) is 30.1 Å². The van der Waals surface area contributed by atoms with Gasteiger partial charge in [-0.25, -0.2) is 9.59 Å². The fraction of sp³-hybridized carbons (Fsp3) is 0.556. The standard InChI is InChI=1S/C27H38O8/c1-16(12-13-19-18(3)11-8-14-27(19,4)5)9-7-10-17(2)15-20(28)34-26-23(31)21(29)22(30)24(35-26)25(32)33-6/h7,9-10,12-13,15,21-24,26,29-31H,8,11,14H2,1-6H3/b10-7+,13-12+,16-9+,17-15+/t21-,22-,23+,24-,26+/m0/s1. The van der Waals surface area contributed by atoms with Crippen LogP contribution in [0.2, 0.25) is 0 Å². The number of hydrogen-bond donors (Lipinski definition) is 3. The van der Waals surface area contributed by atoms with Gasteiger partial charge in [0.2, 0.25) is 6.29 Å². The average molecular weight is 491 g/mol. The van der Waals surface area contributed by atoms with Gasteiger partial charge < -0.3 is 29.5 Å². The van der Waals surface area contributed by atoms with E-state index < -0.39 is 42.6 Å². The Morgan fingerprint density at radius 1 is 1.06 bits per heavy atom. The van der Waals surface area contributed by atoms with Crippen LogP contribution in [0.4, 0.5) is 0 Å². The molecule has 0 aromatic carbocycles. The van der Waals surface area contributed by atoms with Crippen LogP contribution in [0.5, 0.6) is 0 Å². The number of aliphatic hydroxyl groups is 3. The number of allylic oxidation sites excluding steroid dienone is 9. The first kappa shape index (κ1) is 28.7. The first-order valence-corrected chi connectivity index (χ1v) is 11.8. The van der Waals surface area contributed by atoms with Crippen molar-refractivity contribution in [3.63, 3.8) is 0 Å². The monoisotopic (exact) mass is 490 g/mol. The van der Waals surface area contributed by atoms with Crippen LogP contribution in [0.15, 0.2) is 58.7 Å². The lowest BCUT2D eigenvalue weighted by Crippen LogP contribution is -2.60. The van der Waals surface area contributed by atoms with E-state index in [4.69, 9.17) is 9.47 Å². The zero-order valence-electron chi connectivity index (χ0n) is 21.4. The van der Waals surface area contributed by atoms with E-state index >= 15 is 0 Å². The van der Waals surface area contributed by atoms with Gasteiger partial charge in [-0.15, -0.1) is 0 Å². The van der Waals surface area contributed by atoms with E-state index in [1.54, 1.807) is 13.0 Å². The zero-order valence-corrected chi connectivity index (χ0v) is 21.4. The molecule has 1 saturated heterocycles. The van der Waals surface area contributed by atoms with Gasteiger partial charge in [0, 0.05) is 6.08 Å². The first-order valence-electron chi connectivity index (χ1n) is 11.8. The lowest BCUT2D eigenvalue weighted by Gasteiger charge is -2.38. The molecule has 35 heavy (non-hydrogen) atoms. The van der Waals surface area contributed by atoms with E-state index in [1.807, 2.05) is 19.1 Å². The van der Waals surface area contributed by atoms with Crippen molar-refractivity contribution in [1.29, 1.82) is 0 Å². The highest BCUT2D eigenvalue weighted by Crippen LogP contribution is 2.40. The fourth-order valence-corrected chi connectivity index (χ4v) is 4.27. The van der Waals surface area contributed by atoms with Crippen molar-refractivity contribution < 1.29 is 39.1 Å². The van der Waals surface area contributed by atoms with Crippen molar-refractivity contribution in [2.24, 2.45) is 5.41 Å². The molecule has 8 heteroatoms. The second kappa shape index (κ2) is 12.4. The summed E-state index contributed by atoms with van der Waals surface area (Å²) in [4.78, 5) is 24.0. The summed E-state index contributed by atoms with van der Waals surface area (Å²) in [6, 6.07) is 0. The Morgan fingerprint density at radius 2 is 1.74 bits per heavy atom. The summed E-state index contributed by atoms with van der Waals surface area (Å²) in [5, 5.41) is 29.9. The summed E-state index contributed by atoms with van der Waals surface area (Å²) in [6.07, 6.45) is 6.02. The summed E-state index contributed by atoms with van der Waals surface area (Å²) < 4.78 is 14.7. The summed E-state index contributed by atoms with van der Waals surface area (Å²) in [6.45, 7) is 10.4. The molecule has 0 aromatic rings. The van der Waals surface area contributed by atoms with Crippen LogP contribution in [0.1, 0.15) is 53.9 Å². The molecule has 8 nitrogen and oxygen atoms in total. The Kier molecular flexibility index (Phi) is 10.2. The molecule has 0 bridgehead atoms. The molecule has 1 heterocycles. The molecule has 1 fully saturated rings. The summed E-state index contributed by atoms with van der Waals surface area (Å²) in [7, 11) is 1.08. The maximum atomic E-state index is 12.3. The maximum Gasteiger partial charge on any atom is 0.337 e. The Morgan fingerprint density at radius 3 is 2.37 bits per heavy atom. The van der Waals surface area contributed by atoms with Crippen LogP contribution in [0, 0.1) is 5.41 Å². The van der Waals surface area contributed by atoms with Gasteiger partial charge in [0.15, 0.2) is 6.10 Å². The van der Waals surface area contributed by atoms with Gasteiger partial charge in [-0.3, -0.25) is 0 Å². The molecule has 194 valence electrons. The minimum absolute atomic E-state index is 0.176. The van der Waals surface area contributed by atoms with E-state index in [2.05, 4.69) is 37.7 Å². The second-order valence-corrected chi connectivity index (χ2v) is 9.78. The van der Waals surface area contributed by atoms with Crippen LogP contribution in [0.25, 0.3) is 0 Å². The van der Waals surface area contributed by atoms with Crippen LogP contribution in [-0.4, -0.2) is 65.1 Å². The van der Waals surface area contributed by atoms with Gasteiger partial charge in [0.1, 0.15) is 18.3 Å². The minimum atomic E-state index is -1.75. The van der Waals surface area contributed by atoms with Crippen molar-refractivity contribution in [3.8, 4) is 0 Å². The smallest absolute Gasteiger partial charge is 0.337 e. The number of esters is 2. The molecule has 1 aliphatic heterocycles. The van der Waals surface area contributed by atoms with Crippen LogP contribution in [0.3, 0.4) is 0 Å². The number of methoxy groups -OCH3 is 1. The summed E-state index contributed by atoms with van der Waals surface area (Å²) >= 11 is 0. The second-order valence-electron chi connectivity index (χ2n) is 9.78. The number of rotatable bonds is 7. The normalized spacial score (nSPS) is 30.1. The molecule has 0 unspecified atom stereocenters. The SMILES string of the molecule is COC(=O)[C@H]1O[C@@H](OC(=O)/C=C(C)/C=C/C=C(C)/C=C/C2=C(C)CCCC2(C)C)[C@H](O)[C@@H](O)[C@@H]1O. The van der Waals surface area contributed by atoms with Crippen LogP contribution < -0.4 is 0 Å². The van der Waals surface area contributed by atoms with Crippen molar-refractivity contribution in [3.05, 3.63) is 58.7 Å². The predicted molar refractivity (Wildman–Crippen MR) is 131 cm³/mol. The zero-order chi connectivity index (χ0) is 26.3.